The average molecular weight is 348 g/mol. The number of piperidine rings is 1. The number of carbonyl (C=O) groups is 1. The fourth-order valence-corrected chi connectivity index (χ4v) is 3.47. The molecule has 25 heavy (non-hydrogen) atoms. The molecule has 1 aromatic rings. The first-order valence-corrected chi connectivity index (χ1v) is 9.04. The molecule has 2 heterocycles. The molecule has 6 N–H and O–H groups in total. The van der Waals surface area contributed by atoms with Gasteiger partial charge in [-0.3, -0.25) is 4.79 Å². The van der Waals surface area contributed by atoms with Crippen LogP contribution in [0.1, 0.15) is 19.3 Å². The summed E-state index contributed by atoms with van der Waals surface area (Å²) in [5.41, 5.74) is 6.11. The number of nitrogens with zero attached hydrogens (tertiary/aromatic N) is 1. The molecule has 0 radical (unpaired) electrons. The van der Waals surface area contributed by atoms with Crippen molar-refractivity contribution in [2.75, 3.05) is 45.3 Å². The number of amides is 1. The van der Waals surface area contributed by atoms with Crippen molar-refractivity contribution in [2.45, 2.75) is 31.0 Å². The molecule has 0 bridgehead atoms. The molecule has 0 aliphatic carbocycles. The Labute approximate surface area is 150 Å². The lowest BCUT2D eigenvalue weighted by molar-refractivity contribution is -0.124. The quantitative estimate of drug-likeness (QED) is 0.473. The Bertz CT molecular complexity index is 514. The molecular weight excluding hydrogens is 316 g/mol. The van der Waals surface area contributed by atoms with Crippen LogP contribution in [0.4, 0.5) is 5.69 Å². The van der Waals surface area contributed by atoms with Gasteiger partial charge in [0.25, 0.3) is 0 Å². The SMILES string of the molecule is CNC(CCN)NC.O=C1NCN(c2ccccc2)C12CCNCC2. The van der Waals surface area contributed by atoms with E-state index in [4.69, 9.17) is 5.73 Å². The molecule has 1 aromatic carbocycles. The second-order valence-electron chi connectivity index (χ2n) is 6.42. The Balaban J connectivity index is 0.000000242. The largest absolute Gasteiger partial charge is 0.339 e. The van der Waals surface area contributed by atoms with Crippen molar-refractivity contribution in [3.8, 4) is 0 Å². The third-order valence-corrected chi connectivity index (χ3v) is 4.99. The van der Waals surface area contributed by atoms with E-state index in [0.29, 0.717) is 12.8 Å². The molecule has 2 fully saturated rings. The highest BCUT2D eigenvalue weighted by Crippen LogP contribution is 2.34. The van der Waals surface area contributed by atoms with Gasteiger partial charge in [-0.15, -0.1) is 0 Å². The molecule has 0 atom stereocenters. The van der Waals surface area contributed by atoms with Gasteiger partial charge in [0.15, 0.2) is 0 Å². The number of nitrogens with two attached hydrogens (primary N) is 1. The Morgan fingerprint density at radius 2 is 1.84 bits per heavy atom. The van der Waals surface area contributed by atoms with Crippen LogP contribution in [0.25, 0.3) is 0 Å². The first kappa shape index (κ1) is 19.7. The maximum absolute atomic E-state index is 12.2. The standard InChI is InChI=1S/C13H17N3O.C5H15N3/c17-12-13(6-8-14-9-7-13)16(10-15-12)11-4-2-1-3-5-11;1-7-5(8-2)3-4-6/h1-5,14H,6-10H2,(H,15,17);5,7-8H,3-4,6H2,1-2H3. The number of rotatable bonds is 5. The van der Waals surface area contributed by atoms with Crippen molar-refractivity contribution in [1.82, 2.24) is 21.3 Å². The third kappa shape index (κ3) is 4.70. The van der Waals surface area contributed by atoms with Gasteiger partial charge < -0.3 is 31.9 Å². The first-order chi connectivity index (χ1) is 12.2. The fourth-order valence-electron chi connectivity index (χ4n) is 3.47. The van der Waals surface area contributed by atoms with Gasteiger partial charge in [0.05, 0.1) is 12.8 Å². The molecule has 0 aromatic heterocycles. The molecule has 7 heteroatoms. The van der Waals surface area contributed by atoms with Gasteiger partial charge in [-0.1, -0.05) is 18.2 Å². The van der Waals surface area contributed by atoms with Crippen LogP contribution in [-0.4, -0.2) is 58.0 Å². The summed E-state index contributed by atoms with van der Waals surface area (Å²) in [6.07, 6.45) is 3.12. The van der Waals surface area contributed by atoms with Gasteiger partial charge in [-0.2, -0.15) is 0 Å². The van der Waals surface area contributed by atoms with Crippen molar-refractivity contribution >= 4 is 11.6 Å². The van der Waals surface area contributed by atoms with Crippen LogP contribution in [-0.2, 0) is 4.79 Å². The number of para-hydroxylation sites is 1. The molecular formula is C18H32N6O. The van der Waals surface area contributed by atoms with E-state index in [1.54, 1.807) is 0 Å². The Morgan fingerprint density at radius 1 is 1.20 bits per heavy atom. The summed E-state index contributed by atoms with van der Waals surface area (Å²) in [6.45, 7) is 3.18. The molecule has 2 aliphatic heterocycles. The van der Waals surface area contributed by atoms with Gasteiger partial charge in [-0.25, -0.2) is 0 Å². The zero-order valence-electron chi connectivity index (χ0n) is 15.3. The molecule has 1 amide bonds. The highest BCUT2D eigenvalue weighted by molar-refractivity contribution is 5.93. The average Bonchev–Trinajstić information content (AvgIpc) is 2.97. The summed E-state index contributed by atoms with van der Waals surface area (Å²) in [5, 5.41) is 12.4. The second kappa shape index (κ2) is 9.72. The van der Waals surface area contributed by atoms with E-state index in [1.165, 1.54) is 0 Å². The summed E-state index contributed by atoms with van der Waals surface area (Å²) < 4.78 is 0. The molecule has 0 unspecified atom stereocenters. The zero-order valence-corrected chi connectivity index (χ0v) is 15.3. The summed E-state index contributed by atoms with van der Waals surface area (Å²) in [4.78, 5) is 14.4. The van der Waals surface area contributed by atoms with E-state index in [-0.39, 0.29) is 11.4 Å². The lowest BCUT2D eigenvalue weighted by Crippen LogP contribution is -2.55. The van der Waals surface area contributed by atoms with Crippen LogP contribution < -0.4 is 31.9 Å². The molecule has 2 aliphatic rings. The van der Waals surface area contributed by atoms with E-state index < -0.39 is 0 Å². The van der Waals surface area contributed by atoms with E-state index in [0.717, 1.165) is 44.6 Å². The van der Waals surface area contributed by atoms with Crippen LogP contribution in [0.5, 0.6) is 0 Å². The highest BCUT2D eigenvalue weighted by atomic mass is 16.2. The minimum Gasteiger partial charge on any atom is -0.339 e. The number of carbonyl (C=O) groups excluding carboxylic acids is 1. The summed E-state index contributed by atoms with van der Waals surface area (Å²) in [5.74, 6) is 0.183. The molecule has 3 rings (SSSR count). The predicted molar refractivity (Wildman–Crippen MR) is 102 cm³/mol. The third-order valence-electron chi connectivity index (χ3n) is 4.99. The smallest absolute Gasteiger partial charge is 0.247 e. The maximum atomic E-state index is 12.2. The van der Waals surface area contributed by atoms with Crippen LogP contribution in [0.15, 0.2) is 30.3 Å². The number of anilines is 1. The van der Waals surface area contributed by atoms with Crippen LogP contribution >= 0.6 is 0 Å². The number of hydrogen-bond donors (Lipinski definition) is 5. The lowest BCUT2D eigenvalue weighted by Gasteiger charge is -2.40. The van der Waals surface area contributed by atoms with E-state index >= 15 is 0 Å². The first-order valence-electron chi connectivity index (χ1n) is 9.04. The Hall–Kier alpha value is -1.67. The van der Waals surface area contributed by atoms with Gasteiger partial charge >= 0.3 is 0 Å². The fraction of sp³-hybridized carbons (Fsp3) is 0.611. The summed E-state index contributed by atoms with van der Waals surface area (Å²) in [7, 11) is 3.83. The maximum Gasteiger partial charge on any atom is 0.247 e. The molecule has 0 saturated carbocycles. The van der Waals surface area contributed by atoms with Crippen molar-refractivity contribution in [2.24, 2.45) is 5.73 Å². The summed E-state index contributed by atoms with van der Waals surface area (Å²) >= 11 is 0. The van der Waals surface area contributed by atoms with Crippen LogP contribution in [0.3, 0.4) is 0 Å². The lowest BCUT2D eigenvalue weighted by atomic mass is 9.86. The molecule has 1 spiro atoms. The number of hydrogen-bond acceptors (Lipinski definition) is 6. The van der Waals surface area contributed by atoms with E-state index in [2.05, 4.69) is 38.3 Å². The Kier molecular flexibility index (Phi) is 7.64. The van der Waals surface area contributed by atoms with Crippen molar-refractivity contribution in [3.63, 3.8) is 0 Å². The van der Waals surface area contributed by atoms with Gasteiger partial charge in [0.1, 0.15) is 5.54 Å². The van der Waals surface area contributed by atoms with Crippen molar-refractivity contribution in [3.05, 3.63) is 30.3 Å². The molecule has 7 nitrogen and oxygen atoms in total. The highest BCUT2D eigenvalue weighted by Gasteiger charge is 2.48. The van der Waals surface area contributed by atoms with Crippen molar-refractivity contribution in [1.29, 1.82) is 0 Å². The van der Waals surface area contributed by atoms with Crippen LogP contribution in [0, 0.1) is 0 Å². The predicted octanol–water partition coefficient (Wildman–Crippen LogP) is -0.197. The number of benzene rings is 1. The molecule has 140 valence electrons. The van der Waals surface area contributed by atoms with Crippen LogP contribution in [0.2, 0.25) is 0 Å². The molecule has 2 saturated heterocycles. The summed E-state index contributed by atoms with van der Waals surface area (Å²) in [6, 6.07) is 10.2. The minimum absolute atomic E-state index is 0.183. The van der Waals surface area contributed by atoms with Gasteiger partial charge in [0, 0.05) is 5.69 Å². The van der Waals surface area contributed by atoms with E-state index in [1.807, 2.05) is 32.3 Å². The second-order valence-corrected chi connectivity index (χ2v) is 6.42. The van der Waals surface area contributed by atoms with Crippen molar-refractivity contribution < 1.29 is 4.79 Å². The Morgan fingerprint density at radius 3 is 2.36 bits per heavy atom. The van der Waals surface area contributed by atoms with Gasteiger partial charge in [0.2, 0.25) is 5.91 Å². The monoisotopic (exact) mass is 348 g/mol. The van der Waals surface area contributed by atoms with E-state index in [9.17, 15) is 4.79 Å². The minimum atomic E-state index is -0.327. The number of nitrogens with one attached hydrogen (secondary N) is 4. The van der Waals surface area contributed by atoms with Gasteiger partial charge in [-0.05, 0) is 65.1 Å². The zero-order chi connectivity index (χ0) is 18.1. The normalized spacial score (nSPS) is 18.9. The topological polar surface area (TPSA) is 94.5 Å².